The number of hydrogen-bond acceptors (Lipinski definition) is 1. The lowest BCUT2D eigenvalue weighted by Gasteiger charge is -2.14. The van der Waals surface area contributed by atoms with E-state index < -0.39 is 0 Å². The van der Waals surface area contributed by atoms with Crippen LogP contribution in [0.3, 0.4) is 0 Å². The second kappa shape index (κ2) is 5.55. The predicted molar refractivity (Wildman–Crippen MR) is 95.4 cm³/mol. The van der Waals surface area contributed by atoms with E-state index in [2.05, 4.69) is 11.1 Å². The number of hydrogen-bond donors (Lipinski definition) is 1. The zero-order valence-electron chi connectivity index (χ0n) is 12.2. The van der Waals surface area contributed by atoms with Crippen LogP contribution in [0.25, 0.3) is 17.0 Å². The van der Waals surface area contributed by atoms with Crippen LogP contribution in [0.1, 0.15) is 28.0 Å². The molecule has 0 radical (unpaired) electrons. The third-order valence-corrected chi connectivity index (χ3v) is 5.00. The minimum atomic E-state index is 0.0634. The lowest BCUT2D eigenvalue weighted by Crippen LogP contribution is -2.13. The Morgan fingerprint density at radius 1 is 1.00 bits per heavy atom. The Labute approximate surface area is 143 Å². The Morgan fingerprint density at radius 2 is 1.83 bits per heavy atom. The summed E-state index contributed by atoms with van der Waals surface area (Å²) in [6.45, 7) is 0. The van der Waals surface area contributed by atoms with Crippen molar-refractivity contribution < 1.29 is 4.79 Å². The van der Waals surface area contributed by atoms with Gasteiger partial charge in [0.05, 0.1) is 15.7 Å². The minimum absolute atomic E-state index is 0.0634. The van der Waals surface area contributed by atoms with Crippen molar-refractivity contribution in [2.24, 2.45) is 0 Å². The third kappa shape index (κ3) is 2.48. The number of carbonyl (C=O) groups excluding carboxylic acids is 1. The minimum Gasteiger partial charge on any atom is -0.352 e. The number of H-pyrrole nitrogens is 1. The zero-order chi connectivity index (χ0) is 16.0. The maximum absolute atomic E-state index is 12.8. The molecule has 1 aromatic heterocycles. The van der Waals surface area contributed by atoms with Crippen LogP contribution in [0.2, 0.25) is 10.0 Å². The van der Waals surface area contributed by atoms with Gasteiger partial charge in [0, 0.05) is 16.5 Å². The number of aromatic amines is 1. The molecule has 2 aromatic carbocycles. The molecule has 2 nitrogen and oxygen atoms in total. The van der Waals surface area contributed by atoms with Gasteiger partial charge in [-0.05, 0) is 48.2 Å². The molecule has 4 heteroatoms. The third-order valence-electron chi connectivity index (χ3n) is 4.26. The highest BCUT2D eigenvalue weighted by molar-refractivity contribution is 6.42. The molecule has 3 aromatic rings. The molecular weight excluding hydrogens is 329 g/mol. The number of nitrogens with one attached hydrogen (secondary N) is 1. The van der Waals surface area contributed by atoms with E-state index in [1.165, 1.54) is 0 Å². The van der Waals surface area contributed by atoms with Crippen LogP contribution in [0.4, 0.5) is 0 Å². The molecule has 1 aliphatic carbocycles. The van der Waals surface area contributed by atoms with Gasteiger partial charge in [-0.2, -0.15) is 0 Å². The molecule has 0 fully saturated rings. The smallest absolute Gasteiger partial charge is 0.205 e. The predicted octanol–water partition coefficient (Wildman–Crippen LogP) is 5.69. The van der Waals surface area contributed by atoms with E-state index >= 15 is 0 Å². The number of aryl methyl sites for hydroxylation is 1. The molecule has 0 saturated heterocycles. The van der Waals surface area contributed by atoms with Crippen LogP contribution in [0, 0.1) is 0 Å². The van der Waals surface area contributed by atoms with Gasteiger partial charge < -0.3 is 4.98 Å². The average molecular weight is 342 g/mol. The number of allylic oxidation sites excluding steroid dienone is 1. The van der Waals surface area contributed by atoms with Crippen LogP contribution in [0.5, 0.6) is 0 Å². The summed E-state index contributed by atoms with van der Waals surface area (Å²) in [7, 11) is 0. The average Bonchev–Trinajstić information content (AvgIpc) is 2.93. The first-order chi connectivity index (χ1) is 11.1. The van der Waals surface area contributed by atoms with Crippen molar-refractivity contribution in [3.05, 3.63) is 74.9 Å². The maximum atomic E-state index is 12.8. The Kier molecular flexibility index (Phi) is 3.51. The van der Waals surface area contributed by atoms with Gasteiger partial charge in [-0.3, -0.25) is 4.79 Å². The molecule has 0 unspecified atom stereocenters. The summed E-state index contributed by atoms with van der Waals surface area (Å²) in [5.74, 6) is 0.0634. The number of rotatable bonds is 1. The second-order valence-electron chi connectivity index (χ2n) is 5.70. The van der Waals surface area contributed by atoms with Crippen molar-refractivity contribution in [2.45, 2.75) is 12.8 Å². The Balaban J connectivity index is 1.77. The Bertz CT molecular complexity index is 969. The normalized spacial score (nSPS) is 16.1. The fraction of sp³-hybridized carbons (Fsp3) is 0.105. The van der Waals surface area contributed by atoms with Crippen LogP contribution in [-0.4, -0.2) is 10.8 Å². The highest BCUT2D eigenvalue weighted by atomic mass is 35.5. The largest absolute Gasteiger partial charge is 0.352 e. The monoisotopic (exact) mass is 341 g/mol. The molecule has 0 bridgehead atoms. The van der Waals surface area contributed by atoms with E-state index in [9.17, 15) is 4.79 Å². The molecule has 0 atom stereocenters. The number of para-hydroxylation sites is 1. The fourth-order valence-electron chi connectivity index (χ4n) is 3.13. The first-order valence-corrected chi connectivity index (χ1v) is 8.19. The van der Waals surface area contributed by atoms with Gasteiger partial charge in [-0.25, -0.2) is 0 Å². The number of aromatic nitrogens is 1. The van der Waals surface area contributed by atoms with E-state index in [4.69, 9.17) is 23.2 Å². The lowest BCUT2D eigenvalue weighted by molar-refractivity contribution is 0.102. The van der Waals surface area contributed by atoms with Gasteiger partial charge in [-0.1, -0.05) is 47.5 Å². The summed E-state index contributed by atoms with van der Waals surface area (Å²) in [6.07, 6.45) is 3.49. The Morgan fingerprint density at radius 3 is 2.65 bits per heavy atom. The number of benzene rings is 2. The summed E-state index contributed by atoms with van der Waals surface area (Å²) in [4.78, 5) is 16.0. The van der Waals surface area contributed by atoms with Crippen molar-refractivity contribution in [3.63, 3.8) is 0 Å². The van der Waals surface area contributed by atoms with E-state index in [0.717, 1.165) is 40.4 Å². The topological polar surface area (TPSA) is 32.9 Å². The molecule has 1 N–H and O–H groups in total. The number of carbonyl (C=O) groups is 1. The molecule has 0 amide bonds. The van der Waals surface area contributed by atoms with Gasteiger partial charge in [-0.15, -0.1) is 0 Å². The van der Waals surface area contributed by atoms with E-state index in [1.54, 1.807) is 12.1 Å². The molecule has 23 heavy (non-hydrogen) atoms. The zero-order valence-corrected chi connectivity index (χ0v) is 13.7. The van der Waals surface area contributed by atoms with Crippen molar-refractivity contribution in [1.82, 2.24) is 4.98 Å². The molecule has 0 saturated carbocycles. The first kappa shape index (κ1) is 14.6. The first-order valence-electron chi connectivity index (χ1n) is 7.43. The number of ketones is 1. The maximum Gasteiger partial charge on any atom is 0.205 e. The van der Waals surface area contributed by atoms with Gasteiger partial charge in [0.25, 0.3) is 0 Å². The molecule has 4 rings (SSSR count). The molecule has 1 aliphatic rings. The number of fused-ring (bicyclic) bond motifs is 3. The summed E-state index contributed by atoms with van der Waals surface area (Å²) < 4.78 is 0. The lowest BCUT2D eigenvalue weighted by atomic mass is 9.89. The number of halogens is 2. The summed E-state index contributed by atoms with van der Waals surface area (Å²) in [5.41, 5.74) is 4.53. The van der Waals surface area contributed by atoms with Crippen LogP contribution in [-0.2, 0) is 6.42 Å². The summed E-state index contributed by atoms with van der Waals surface area (Å²) in [6, 6.07) is 13.4. The summed E-state index contributed by atoms with van der Waals surface area (Å²) >= 11 is 12.0. The van der Waals surface area contributed by atoms with Crippen molar-refractivity contribution in [2.75, 3.05) is 0 Å². The second-order valence-corrected chi connectivity index (χ2v) is 6.51. The van der Waals surface area contributed by atoms with Crippen molar-refractivity contribution in [1.29, 1.82) is 0 Å². The van der Waals surface area contributed by atoms with Crippen LogP contribution < -0.4 is 0 Å². The van der Waals surface area contributed by atoms with Crippen LogP contribution >= 0.6 is 23.2 Å². The van der Waals surface area contributed by atoms with E-state index in [1.807, 2.05) is 30.3 Å². The highest BCUT2D eigenvalue weighted by Crippen LogP contribution is 2.32. The highest BCUT2D eigenvalue weighted by Gasteiger charge is 2.25. The molecule has 114 valence electrons. The van der Waals surface area contributed by atoms with Gasteiger partial charge in [0.1, 0.15) is 0 Å². The fourth-order valence-corrected chi connectivity index (χ4v) is 3.43. The molecule has 0 spiro atoms. The standard InChI is InChI=1S/C19H13Cl2NO/c20-15-8-5-11(10-16(15)21)9-12-6-7-14-13-3-1-2-4-17(13)22-18(14)19(12)23/h1-5,8-10,22H,6-7H2/b12-9+. The van der Waals surface area contributed by atoms with Gasteiger partial charge in [0.2, 0.25) is 5.78 Å². The molecule has 1 heterocycles. The SMILES string of the molecule is O=C1/C(=C/c2ccc(Cl)c(Cl)c2)CCc2c1[nH]c1ccccc21. The van der Waals surface area contributed by atoms with Gasteiger partial charge in [0.15, 0.2) is 0 Å². The van der Waals surface area contributed by atoms with Crippen molar-refractivity contribution >= 4 is 46.0 Å². The summed E-state index contributed by atoms with van der Waals surface area (Å²) in [5, 5.41) is 2.15. The molecular formula is C19H13Cl2NO. The molecule has 0 aliphatic heterocycles. The quantitative estimate of drug-likeness (QED) is 0.567. The number of Topliss-reactive ketones (excluding diaryl/α,β-unsaturated/α-hetero) is 1. The van der Waals surface area contributed by atoms with Gasteiger partial charge >= 0.3 is 0 Å². The van der Waals surface area contributed by atoms with E-state index in [0.29, 0.717) is 15.7 Å². The van der Waals surface area contributed by atoms with Crippen molar-refractivity contribution in [3.8, 4) is 0 Å². The van der Waals surface area contributed by atoms with Crippen LogP contribution in [0.15, 0.2) is 48.0 Å². The Hall–Kier alpha value is -2.03. The van der Waals surface area contributed by atoms with E-state index in [-0.39, 0.29) is 5.78 Å².